The Labute approximate surface area is 125 Å². The number of carbonyl (C=O) groups excluding carboxylic acids is 2. The van der Waals surface area contributed by atoms with E-state index in [9.17, 15) is 14.4 Å². The third-order valence-corrected chi connectivity index (χ3v) is 2.96. The Balaban J connectivity index is 4.81. The van der Waals surface area contributed by atoms with Crippen molar-refractivity contribution < 1.29 is 24.2 Å². The first-order valence-corrected chi connectivity index (χ1v) is 7.29. The van der Waals surface area contributed by atoms with E-state index in [4.69, 9.17) is 9.84 Å². The Morgan fingerprint density at radius 2 is 1.76 bits per heavy atom. The number of hydrogen-bond acceptors (Lipinski definition) is 4. The van der Waals surface area contributed by atoms with Crippen LogP contribution in [0.4, 0.5) is 4.79 Å². The van der Waals surface area contributed by atoms with E-state index in [1.165, 1.54) is 9.80 Å². The molecule has 1 unspecified atom stereocenters. The Bertz CT molecular complexity index is 359. The number of hydrogen-bond donors (Lipinski definition) is 1. The Hall–Kier alpha value is -1.79. The van der Waals surface area contributed by atoms with Gasteiger partial charge in [0.05, 0.1) is 12.5 Å². The zero-order chi connectivity index (χ0) is 16.4. The summed E-state index contributed by atoms with van der Waals surface area (Å²) >= 11 is 0. The van der Waals surface area contributed by atoms with Gasteiger partial charge in [-0.15, -0.1) is 0 Å². The van der Waals surface area contributed by atoms with Crippen LogP contribution in [0.25, 0.3) is 0 Å². The maximum atomic E-state index is 12.4. The number of amides is 2. The smallest absolute Gasteiger partial charge is 0.325 e. The largest absolute Gasteiger partial charge is 0.481 e. The van der Waals surface area contributed by atoms with Crippen LogP contribution in [0, 0.1) is 5.92 Å². The van der Waals surface area contributed by atoms with Crippen LogP contribution in [0.1, 0.15) is 34.1 Å². The van der Waals surface area contributed by atoms with Gasteiger partial charge in [0.15, 0.2) is 0 Å². The van der Waals surface area contributed by atoms with Gasteiger partial charge < -0.3 is 19.6 Å². The lowest BCUT2D eigenvalue weighted by molar-refractivity contribution is -0.144. The molecule has 2 amide bonds. The lowest BCUT2D eigenvalue weighted by atomic mass is 10.2. The highest BCUT2D eigenvalue weighted by atomic mass is 16.5. The standard InChI is InChI=1S/C14H26N2O5/c1-5-8-16(10-12(17)21-7-3)14(20)15(6-2)9-11(4)13(18)19/h11H,5-10H2,1-4H3,(H,18,19). The molecule has 0 radical (unpaired) electrons. The molecule has 0 rings (SSSR count). The van der Waals surface area contributed by atoms with Gasteiger partial charge in [0.2, 0.25) is 0 Å². The van der Waals surface area contributed by atoms with Gasteiger partial charge >= 0.3 is 18.0 Å². The Kier molecular flexibility index (Phi) is 9.16. The van der Waals surface area contributed by atoms with Crippen molar-refractivity contribution >= 4 is 18.0 Å². The van der Waals surface area contributed by atoms with Gasteiger partial charge in [0.1, 0.15) is 6.54 Å². The summed E-state index contributed by atoms with van der Waals surface area (Å²) in [7, 11) is 0. The second-order valence-electron chi connectivity index (χ2n) is 4.79. The van der Waals surface area contributed by atoms with Crippen molar-refractivity contribution in [3.8, 4) is 0 Å². The molecule has 21 heavy (non-hydrogen) atoms. The van der Waals surface area contributed by atoms with E-state index < -0.39 is 17.9 Å². The molecule has 0 aromatic carbocycles. The number of nitrogens with zero attached hydrogens (tertiary/aromatic N) is 2. The fourth-order valence-corrected chi connectivity index (χ4v) is 1.83. The minimum Gasteiger partial charge on any atom is -0.481 e. The van der Waals surface area contributed by atoms with Crippen molar-refractivity contribution in [1.29, 1.82) is 0 Å². The summed E-state index contributed by atoms with van der Waals surface area (Å²) in [5.74, 6) is -2.06. The highest BCUT2D eigenvalue weighted by Crippen LogP contribution is 2.06. The van der Waals surface area contributed by atoms with E-state index in [2.05, 4.69) is 0 Å². The van der Waals surface area contributed by atoms with Crippen LogP contribution < -0.4 is 0 Å². The van der Waals surface area contributed by atoms with Crippen molar-refractivity contribution in [2.75, 3.05) is 32.8 Å². The van der Waals surface area contributed by atoms with Crippen LogP contribution in [0.2, 0.25) is 0 Å². The SMILES string of the molecule is CCCN(CC(=O)OCC)C(=O)N(CC)CC(C)C(=O)O. The van der Waals surface area contributed by atoms with Crippen molar-refractivity contribution in [3.05, 3.63) is 0 Å². The fraction of sp³-hybridized carbons (Fsp3) is 0.786. The molecular formula is C14H26N2O5. The first-order chi connectivity index (χ1) is 9.87. The maximum Gasteiger partial charge on any atom is 0.325 e. The summed E-state index contributed by atoms with van der Waals surface area (Å²) in [6.45, 7) is 8.02. The number of aliphatic carboxylic acids is 1. The predicted molar refractivity (Wildman–Crippen MR) is 77.9 cm³/mol. The highest BCUT2D eigenvalue weighted by molar-refractivity contribution is 5.81. The van der Waals surface area contributed by atoms with Gasteiger partial charge in [-0.05, 0) is 20.3 Å². The van der Waals surface area contributed by atoms with Gasteiger partial charge in [0.25, 0.3) is 0 Å². The summed E-state index contributed by atoms with van der Waals surface area (Å²) in [4.78, 5) is 37.7. The molecule has 0 aliphatic heterocycles. The average molecular weight is 302 g/mol. The first-order valence-electron chi connectivity index (χ1n) is 7.29. The molecule has 0 saturated carbocycles. The number of urea groups is 1. The van der Waals surface area contributed by atoms with Crippen LogP contribution in [0.15, 0.2) is 0 Å². The minimum atomic E-state index is -0.950. The summed E-state index contributed by atoms with van der Waals surface area (Å²) in [5, 5.41) is 8.94. The lowest BCUT2D eigenvalue weighted by Gasteiger charge is -2.30. The molecule has 0 heterocycles. The molecule has 0 bridgehead atoms. The summed E-state index contributed by atoms with van der Waals surface area (Å²) in [6, 6.07) is -0.333. The molecule has 1 atom stereocenters. The third kappa shape index (κ3) is 6.97. The number of carboxylic acid groups (broad SMARTS) is 1. The van der Waals surface area contributed by atoms with Crippen molar-refractivity contribution in [2.24, 2.45) is 5.92 Å². The zero-order valence-corrected chi connectivity index (χ0v) is 13.3. The second kappa shape index (κ2) is 10.0. The molecule has 0 aliphatic rings. The van der Waals surface area contributed by atoms with Gasteiger partial charge in [-0.2, -0.15) is 0 Å². The molecule has 0 spiro atoms. The number of ether oxygens (including phenoxy) is 1. The topological polar surface area (TPSA) is 87.2 Å². The van der Waals surface area contributed by atoms with E-state index in [1.54, 1.807) is 20.8 Å². The number of carboxylic acids is 1. The summed E-state index contributed by atoms with van der Waals surface area (Å²) in [5.41, 5.74) is 0. The second-order valence-corrected chi connectivity index (χ2v) is 4.79. The van der Waals surface area contributed by atoms with Gasteiger partial charge in [-0.25, -0.2) is 4.79 Å². The molecule has 122 valence electrons. The van der Waals surface area contributed by atoms with E-state index in [0.29, 0.717) is 19.5 Å². The van der Waals surface area contributed by atoms with Crippen molar-refractivity contribution in [3.63, 3.8) is 0 Å². The number of esters is 1. The molecule has 0 fully saturated rings. The van der Waals surface area contributed by atoms with Crippen molar-refractivity contribution in [1.82, 2.24) is 9.80 Å². The van der Waals surface area contributed by atoms with Crippen LogP contribution in [-0.2, 0) is 14.3 Å². The van der Waals surface area contributed by atoms with Crippen LogP contribution >= 0.6 is 0 Å². The Morgan fingerprint density at radius 3 is 2.19 bits per heavy atom. The molecule has 7 nitrogen and oxygen atoms in total. The summed E-state index contributed by atoms with van der Waals surface area (Å²) < 4.78 is 4.86. The molecule has 0 saturated heterocycles. The average Bonchev–Trinajstić information content (AvgIpc) is 2.43. The molecule has 1 N–H and O–H groups in total. The monoisotopic (exact) mass is 302 g/mol. The van der Waals surface area contributed by atoms with Crippen LogP contribution in [0.5, 0.6) is 0 Å². The van der Waals surface area contributed by atoms with E-state index >= 15 is 0 Å². The fourth-order valence-electron chi connectivity index (χ4n) is 1.83. The first kappa shape index (κ1) is 19.2. The Morgan fingerprint density at radius 1 is 1.14 bits per heavy atom. The summed E-state index contributed by atoms with van der Waals surface area (Å²) in [6.07, 6.45) is 0.706. The molecule has 7 heteroatoms. The van der Waals surface area contributed by atoms with Crippen LogP contribution in [-0.4, -0.2) is 65.7 Å². The highest BCUT2D eigenvalue weighted by Gasteiger charge is 2.25. The minimum absolute atomic E-state index is 0.113. The molecular weight excluding hydrogens is 276 g/mol. The van der Waals surface area contributed by atoms with E-state index in [0.717, 1.165) is 0 Å². The van der Waals surface area contributed by atoms with Crippen LogP contribution in [0.3, 0.4) is 0 Å². The zero-order valence-electron chi connectivity index (χ0n) is 13.3. The quantitative estimate of drug-likeness (QED) is 0.651. The molecule has 0 aromatic rings. The predicted octanol–water partition coefficient (Wildman–Crippen LogP) is 1.42. The normalized spacial score (nSPS) is 11.6. The molecule has 0 aliphatic carbocycles. The third-order valence-electron chi connectivity index (χ3n) is 2.96. The molecule has 0 aromatic heterocycles. The lowest BCUT2D eigenvalue weighted by Crippen LogP contribution is -2.47. The van der Waals surface area contributed by atoms with Crippen molar-refractivity contribution in [2.45, 2.75) is 34.1 Å². The van der Waals surface area contributed by atoms with E-state index in [-0.39, 0.29) is 25.7 Å². The van der Waals surface area contributed by atoms with Gasteiger partial charge in [0, 0.05) is 19.6 Å². The number of rotatable bonds is 9. The van der Waals surface area contributed by atoms with Gasteiger partial charge in [-0.1, -0.05) is 13.8 Å². The van der Waals surface area contributed by atoms with Gasteiger partial charge in [-0.3, -0.25) is 9.59 Å². The number of carbonyl (C=O) groups is 3. The maximum absolute atomic E-state index is 12.4. The van der Waals surface area contributed by atoms with E-state index in [1.807, 2.05) is 6.92 Å².